The van der Waals surface area contributed by atoms with Gasteiger partial charge in [0.05, 0.1) is 17.4 Å². The molecule has 1 N–H and O–H groups in total. The third kappa shape index (κ3) is 2.76. The van der Waals surface area contributed by atoms with E-state index < -0.39 is 0 Å². The quantitative estimate of drug-likeness (QED) is 0.877. The highest BCUT2D eigenvalue weighted by Crippen LogP contribution is 2.21. The van der Waals surface area contributed by atoms with Crippen molar-refractivity contribution in [2.45, 2.75) is 26.3 Å². The van der Waals surface area contributed by atoms with Gasteiger partial charge in [-0.15, -0.1) is 0 Å². The molecule has 0 aliphatic carbocycles. The molecule has 1 atom stereocenters. The fourth-order valence-corrected chi connectivity index (χ4v) is 2.13. The van der Waals surface area contributed by atoms with E-state index in [2.05, 4.69) is 34.5 Å². The lowest BCUT2D eigenvalue weighted by molar-refractivity contribution is 0.552. The summed E-state index contributed by atoms with van der Waals surface area (Å²) in [6, 6.07) is 6.35. The molecule has 0 bridgehead atoms. The molecule has 18 heavy (non-hydrogen) atoms. The summed E-state index contributed by atoms with van der Waals surface area (Å²) in [5.41, 5.74) is 3.39. The maximum atomic E-state index is 4.42. The second-order valence-electron chi connectivity index (χ2n) is 4.51. The molecule has 0 amide bonds. The van der Waals surface area contributed by atoms with Crippen LogP contribution in [0.1, 0.15) is 36.3 Å². The van der Waals surface area contributed by atoms with Crippen molar-refractivity contribution in [2.75, 3.05) is 6.54 Å². The Morgan fingerprint density at radius 1 is 1.44 bits per heavy atom. The van der Waals surface area contributed by atoms with E-state index in [1.807, 2.05) is 30.9 Å². The zero-order valence-corrected chi connectivity index (χ0v) is 11.2. The molecule has 0 saturated carbocycles. The van der Waals surface area contributed by atoms with Gasteiger partial charge in [-0.25, -0.2) is 0 Å². The van der Waals surface area contributed by atoms with Crippen LogP contribution in [0.5, 0.6) is 0 Å². The van der Waals surface area contributed by atoms with Gasteiger partial charge < -0.3 is 5.32 Å². The van der Waals surface area contributed by atoms with Crippen molar-refractivity contribution >= 4 is 0 Å². The SMILES string of the molecule is CCCNC(c1cccnc1)c1cc(C)nn1C. The van der Waals surface area contributed by atoms with E-state index in [0.717, 1.165) is 18.7 Å². The highest BCUT2D eigenvalue weighted by atomic mass is 15.3. The third-order valence-electron chi connectivity index (χ3n) is 2.95. The number of hydrogen-bond acceptors (Lipinski definition) is 3. The Hall–Kier alpha value is -1.68. The number of hydrogen-bond donors (Lipinski definition) is 1. The van der Waals surface area contributed by atoms with Crippen LogP contribution in [0.3, 0.4) is 0 Å². The lowest BCUT2D eigenvalue weighted by Gasteiger charge is -2.18. The van der Waals surface area contributed by atoms with Crippen LogP contribution in [0.2, 0.25) is 0 Å². The summed E-state index contributed by atoms with van der Waals surface area (Å²) in [5.74, 6) is 0. The lowest BCUT2D eigenvalue weighted by atomic mass is 10.1. The Bertz CT molecular complexity index is 490. The molecule has 0 spiro atoms. The number of aryl methyl sites for hydroxylation is 2. The van der Waals surface area contributed by atoms with Crippen LogP contribution in [0.25, 0.3) is 0 Å². The molecule has 1 unspecified atom stereocenters. The molecule has 0 aromatic carbocycles. The van der Waals surface area contributed by atoms with Crippen molar-refractivity contribution in [1.29, 1.82) is 0 Å². The van der Waals surface area contributed by atoms with Crippen LogP contribution in [0, 0.1) is 6.92 Å². The Morgan fingerprint density at radius 2 is 2.28 bits per heavy atom. The monoisotopic (exact) mass is 244 g/mol. The van der Waals surface area contributed by atoms with Crippen molar-refractivity contribution in [1.82, 2.24) is 20.1 Å². The summed E-state index contributed by atoms with van der Waals surface area (Å²) in [7, 11) is 1.99. The molecule has 4 nitrogen and oxygen atoms in total. The van der Waals surface area contributed by atoms with Crippen molar-refractivity contribution in [2.24, 2.45) is 7.05 Å². The van der Waals surface area contributed by atoms with Gasteiger partial charge in [-0.1, -0.05) is 13.0 Å². The first-order valence-electron chi connectivity index (χ1n) is 6.36. The maximum Gasteiger partial charge on any atom is 0.0763 e. The van der Waals surface area contributed by atoms with Crippen molar-refractivity contribution in [3.8, 4) is 0 Å². The average molecular weight is 244 g/mol. The van der Waals surface area contributed by atoms with Gasteiger partial charge in [0, 0.05) is 19.4 Å². The zero-order valence-electron chi connectivity index (χ0n) is 11.2. The summed E-state index contributed by atoms with van der Waals surface area (Å²) >= 11 is 0. The summed E-state index contributed by atoms with van der Waals surface area (Å²) in [4.78, 5) is 4.21. The predicted octanol–water partition coefficient (Wildman–Crippen LogP) is 2.21. The minimum atomic E-state index is 0.157. The topological polar surface area (TPSA) is 42.7 Å². The second-order valence-corrected chi connectivity index (χ2v) is 4.51. The van der Waals surface area contributed by atoms with Crippen LogP contribution in [0.15, 0.2) is 30.6 Å². The van der Waals surface area contributed by atoms with Gasteiger partial charge in [-0.3, -0.25) is 9.67 Å². The summed E-state index contributed by atoms with van der Waals surface area (Å²) in [6.45, 7) is 5.16. The molecule has 0 fully saturated rings. The highest BCUT2D eigenvalue weighted by molar-refractivity contribution is 5.26. The number of aromatic nitrogens is 3. The first kappa shape index (κ1) is 12.8. The Kier molecular flexibility index (Phi) is 4.10. The standard InChI is InChI=1S/C14H20N4/c1-4-7-16-14(12-6-5-8-15-10-12)13-9-11(2)17-18(13)3/h5-6,8-10,14,16H,4,7H2,1-3H3. The molecule has 2 heterocycles. The van der Waals surface area contributed by atoms with Crippen LogP contribution in [0.4, 0.5) is 0 Å². The predicted molar refractivity (Wildman–Crippen MR) is 72.3 cm³/mol. The van der Waals surface area contributed by atoms with E-state index in [1.54, 1.807) is 6.20 Å². The van der Waals surface area contributed by atoms with Gasteiger partial charge >= 0.3 is 0 Å². The summed E-state index contributed by atoms with van der Waals surface area (Å²) < 4.78 is 1.94. The molecule has 2 aromatic heterocycles. The van der Waals surface area contributed by atoms with E-state index in [1.165, 1.54) is 11.3 Å². The molecule has 2 rings (SSSR count). The van der Waals surface area contributed by atoms with Gasteiger partial charge in [0.1, 0.15) is 0 Å². The van der Waals surface area contributed by atoms with Crippen molar-refractivity contribution < 1.29 is 0 Å². The maximum absolute atomic E-state index is 4.42. The van der Waals surface area contributed by atoms with Gasteiger partial charge in [-0.2, -0.15) is 5.10 Å². The van der Waals surface area contributed by atoms with Gasteiger partial charge in [0.15, 0.2) is 0 Å². The molecule has 0 saturated heterocycles. The Balaban J connectivity index is 2.34. The smallest absolute Gasteiger partial charge is 0.0763 e. The van der Waals surface area contributed by atoms with Gasteiger partial charge in [0.2, 0.25) is 0 Å². The summed E-state index contributed by atoms with van der Waals surface area (Å²) in [6.07, 6.45) is 4.82. The lowest BCUT2D eigenvalue weighted by Crippen LogP contribution is -2.25. The molecule has 0 aliphatic heterocycles. The first-order valence-corrected chi connectivity index (χ1v) is 6.36. The van der Waals surface area contributed by atoms with Crippen molar-refractivity contribution in [3.63, 3.8) is 0 Å². The summed E-state index contributed by atoms with van der Waals surface area (Å²) in [5, 5.41) is 7.98. The Labute approximate surface area is 108 Å². The van der Waals surface area contributed by atoms with E-state index in [4.69, 9.17) is 0 Å². The van der Waals surface area contributed by atoms with Crippen LogP contribution in [-0.2, 0) is 7.05 Å². The van der Waals surface area contributed by atoms with Gasteiger partial charge in [0.25, 0.3) is 0 Å². The Morgan fingerprint density at radius 3 is 2.83 bits per heavy atom. The average Bonchev–Trinajstić information content (AvgIpc) is 2.70. The van der Waals surface area contributed by atoms with Crippen LogP contribution < -0.4 is 5.32 Å². The fraction of sp³-hybridized carbons (Fsp3) is 0.429. The first-order chi connectivity index (χ1) is 8.72. The van der Waals surface area contributed by atoms with Crippen LogP contribution in [-0.4, -0.2) is 21.3 Å². The molecule has 0 aliphatic rings. The highest BCUT2D eigenvalue weighted by Gasteiger charge is 2.17. The normalized spacial score (nSPS) is 12.6. The van der Waals surface area contributed by atoms with Gasteiger partial charge in [-0.05, 0) is 37.6 Å². The van der Waals surface area contributed by atoms with Crippen LogP contribution >= 0.6 is 0 Å². The van der Waals surface area contributed by atoms with E-state index in [-0.39, 0.29) is 6.04 Å². The minimum Gasteiger partial charge on any atom is -0.305 e. The fourth-order valence-electron chi connectivity index (χ4n) is 2.13. The van der Waals surface area contributed by atoms with E-state index in [9.17, 15) is 0 Å². The molecular formula is C14H20N4. The molecular weight excluding hydrogens is 224 g/mol. The zero-order chi connectivity index (χ0) is 13.0. The molecule has 2 aromatic rings. The van der Waals surface area contributed by atoms with Crippen molar-refractivity contribution in [3.05, 3.63) is 47.5 Å². The largest absolute Gasteiger partial charge is 0.305 e. The number of nitrogens with zero attached hydrogens (tertiary/aromatic N) is 3. The number of rotatable bonds is 5. The molecule has 0 radical (unpaired) electrons. The van der Waals surface area contributed by atoms with E-state index >= 15 is 0 Å². The minimum absolute atomic E-state index is 0.157. The van der Waals surface area contributed by atoms with E-state index in [0.29, 0.717) is 0 Å². The number of pyridine rings is 1. The second kappa shape index (κ2) is 5.78. The molecule has 96 valence electrons. The number of nitrogens with one attached hydrogen (secondary N) is 1. The third-order valence-corrected chi connectivity index (χ3v) is 2.95. The molecule has 4 heteroatoms.